The number of benzene rings is 1. The van der Waals surface area contributed by atoms with E-state index >= 15 is 0 Å². The lowest BCUT2D eigenvalue weighted by atomic mass is 9.88. The van der Waals surface area contributed by atoms with E-state index in [9.17, 15) is 9.59 Å². The van der Waals surface area contributed by atoms with Gasteiger partial charge in [-0.05, 0) is 25.0 Å². The maximum atomic E-state index is 12.4. The van der Waals surface area contributed by atoms with Gasteiger partial charge in [0.25, 0.3) is 0 Å². The SMILES string of the molecule is COC(=O)c1ccc(-c2nc(NC(=O)C3(C)CCCC3)cs2)cc1. The van der Waals surface area contributed by atoms with E-state index in [0.717, 1.165) is 36.3 Å². The van der Waals surface area contributed by atoms with Crippen LogP contribution >= 0.6 is 11.3 Å². The number of carbonyl (C=O) groups excluding carboxylic acids is 2. The van der Waals surface area contributed by atoms with Gasteiger partial charge in [0.05, 0.1) is 12.7 Å². The highest BCUT2D eigenvalue weighted by Gasteiger charge is 2.36. The maximum absolute atomic E-state index is 12.4. The number of carbonyl (C=O) groups is 2. The number of esters is 1. The molecule has 1 amide bonds. The van der Waals surface area contributed by atoms with Crippen LogP contribution in [0.5, 0.6) is 0 Å². The normalized spacial score (nSPS) is 15.9. The van der Waals surface area contributed by atoms with Crippen molar-refractivity contribution in [3.63, 3.8) is 0 Å². The van der Waals surface area contributed by atoms with Gasteiger partial charge >= 0.3 is 5.97 Å². The lowest BCUT2D eigenvalue weighted by Gasteiger charge is -2.21. The van der Waals surface area contributed by atoms with Crippen molar-refractivity contribution in [2.45, 2.75) is 32.6 Å². The molecule has 1 aromatic heterocycles. The van der Waals surface area contributed by atoms with Crippen molar-refractivity contribution in [2.75, 3.05) is 12.4 Å². The molecule has 0 aliphatic heterocycles. The topological polar surface area (TPSA) is 68.3 Å². The van der Waals surface area contributed by atoms with Gasteiger partial charge in [0.15, 0.2) is 0 Å². The van der Waals surface area contributed by atoms with Gasteiger partial charge in [-0.2, -0.15) is 0 Å². The lowest BCUT2D eigenvalue weighted by Crippen LogP contribution is -2.30. The number of methoxy groups -OCH3 is 1. The van der Waals surface area contributed by atoms with E-state index in [0.29, 0.717) is 11.4 Å². The summed E-state index contributed by atoms with van der Waals surface area (Å²) in [7, 11) is 1.36. The van der Waals surface area contributed by atoms with E-state index in [-0.39, 0.29) is 17.3 Å². The Morgan fingerprint density at radius 2 is 1.88 bits per heavy atom. The molecule has 2 aromatic rings. The van der Waals surface area contributed by atoms with Crippen LogP contribution in [0.2, 0.25) is 0 Å². The summed E-state index contributed by atoms with van der Waals surface area (Å²) in [5.74, 6) is 0.279. The molecule has 24 heavy (non-hydrogen) atoms. The number of thiazole rings is 1. The molecule has 0 saturated heterocycles. The van der Waals surface area contributed by atoms with Crippen molar-refractivity contribution in [2.24, 2.45) is 5.41 Å². The molecule has 126 valence electrons. The second kappa shape index (κ2) is 6.73. The molecule has 1 aliphatic carbocycles. The molecule has 0 spiro atoms. The minimum absolute atomic E-state index is 0.0536. The van der Waals surface area contributed by atoms with E-state index in [1.165, 1.54) is 18.4 Å². The van der Waals surface area contributed by atoms with Crippen molar-refractivity contribution < 1.29 is 14.3 Å². The molecule has 1 N–H and O–H groups in total. The van der Waals surface area contributed by atoms with Crippen LogP contribution in [0.1, 0.15) is 43.0 Å². The summed E-state index contributed by atoms with van der Waals surface area (Å²) in [5.41, 5.74) is 1.13. The number of nitrogens with zero attached hydrogens (tertiary/aromatic N) is 1. The summed E-state index contributed by atoms with van der Waals surface area (Å²) in [6.45, 7) is 2.02. The zero-order chi connectivity index (χ0) is 17.2. The van der Waals surface area contributed by atoms with Crippen molar-refractivity contribution in [3.8, 4) is 10.6 Å². The van der Waals surface area contributed by atoms with Crippen molar-refractivity contribution in [3.05, 3.63) is 35.2 Å². The molecule has 5 nitrogen and oxygen atoms in total. The Balaban J connectivity index is 1.71. The summed E-state index contributed by atoms with van der Waals surface area (Å²) >= 11 is 1.46. The Bertz CT molecular complexity index is 746. The third-order valence-corrected chi connectivity index (χ3v) is 5.45. The lowest BCUT2D eigenvalue weighted by molar-refractivity contribution is -0.124. The quantitative estimate of drug-likeness (QED) is 0.847. The summed E-state index contributed by atoms with van der Waals surface area (Å²) < 4.78 is 4.69. The van der Waals surface area contributed by atoms with Crippen LogP contribution in [0.4, 0.5) is 5.82 Å². The summed E-state index contributed by atoms with van der Waals surface area (Å²) in [6.07, 6.45) is 4.09. The molecule has 1 aliphatic rings. The fourth-order valence-electron chi connectivity index (χ4n) is 2.98. The maximum Gasteiger partial charge on any atom is 0.337 e. The Labute approximate surface area is 145 Å². The largest absolute Gasteiger partial charge is 0.465 e. The van der Waals surface area contributed by atoms with Gasteiger partial charge in [-0.1, -0.05) is 31.9 Å². The third kappa shape index (κ3) is 3.33. The van der Waals surface area contributed by atoms with Crippen LogP contribution in [0.3, 0.4) is 0 Å². The van der Waals surface area contributed by atoms with Gasteiger partial charge in [-0.3, -0.25) is 4.79 Å². The molecule has 3 rings (SSSR count). The van der Waals surface area contributed by atoms with Crippen LogP contribution in [0.15, 0.2) is 29.6 Å². The molecule has 0 bridgehead atoms. The molecule has 0 unspecified atom stereocenters. The molecule has 1 heterocycles. The van der Waals surface area contributed by atoms with Crippen molar-refractivity contribution in [1.29, 1.82) is 0 Å². The molecule has 1 fully saturated rings. The highest BCUT2D eigenvalue weighted by molar-refractivity contribution is 7.13. The number of hydrogen-bond acceptors (Lipinski definition) is 5. The Kier molecular flexibility index (Phi) is 4.66. The van der Waals surface area contributed by atoms with Crippen LogP contribution in [0.25, 0.3) is 10.6 Å². The van der Waals surface area contributed by atoms with E-state index in [1.54, 1.807) is 12.1 Å². The molecular weight excluding hydrogens is 324 g/mol. The van der Waals surface area contributed by atoms with E-state index < -0.39 is 0 Å². The number of anilines is 1. The van der Waals surface area contributed by atoms with Gasteiger partial charge < -0.3 is 10.1 Å². The monoisotopic (exact) mass is 344 g/mol. The molecule has 1 saturated carbocycles. The van der Waals surface area contributed by atoms with Crippen LogP contribution in [-0.4, -0.2) is 24.0 Å². The number of hydrogen-bond donors (Lipinski definition) is 1. The van der Waals surface area contributed by atoms with Gasteiger partial charge in [0.2, 0.25) is 5.91 Å². The number of aromatic nitrogens is 1. The molecular formula is C18H20N2O3S. The fourth-order valence-corrected chi connectivity index (χ4v) is 3.74. The van der Waals surface area contributed by atoms with E-state index in [1.807, 2.05) is 24.4 Å². The Morgan fingerprint density at radius 3 is 2.50 bits per heavy atom. The average molecular weight is 344 g/mol. The molecule has 0 atom stereocenters. The number of rotatable bonds is 4. The fraction of sp³-hybridized carbons (Fsp3) is 0.389. The smallest absolute Gasteiger partial charge is 0.337 e. The first kappa shape index (κ1) is 16.6. The highest BCUT2D eigenvalue weighted by Crippen LogP contribution is 2.38. The predicted molar refractivity (Wildman–Crippen MR) is 94.1 cm³/mol. The number of nitrogens with one attached hydrogen (secondary N) is 1. The number of amides is 1. The highest BCUT2D eigenvalue weighted by atomic mass is 32.1. The first-order valence-electron chi connectivity index (χ1n) is 7.97. The number of ether oxygens (including phenoxy) is 1. The first-order chi connectivity index (χ1) is 11.5. The summed E-state index contributed by atoms with van der Waals surface area (Å²) in [5, 5.41) is 5.59. The van der Waals surface area contributed by atoms with E-state index in [2.05, 4.69) is 15.0 Å². The van der Waals surface area contributed by atoms with Crippen molar-refractivity contribution in [1.82, 2.24) is 4.98 Å². The second-order valence-electron chi connectivity index (χ2n) is 6.33. The van der Waals surface area contributed by atoms with Gasteiger partial charge in [0, 0.05) is 16.4 Å². The standard InChI is InChI=1S/C18H20N2O3S/c1-18(9-3-4-10-18)17(22)20-14-11-24-15(19-14)12-5-7-13(8-6-12)16(21)23-2/h5-8,11H,3-4,9-10H2,1-2H3,(H,20,22). The minimum atomic E-state index is -0.363. The van der Waals surface area contributed by atoms with Gasteiger partial charge in [0.1, 0.15) is 10.8 Å². The predicted octanol–water partition coefficient (Wildman–Crippen LogP) is 4.12. The Hall–Kier alpha value is -2.21. The zero-order valence-corrected chi connectivity index (χ0v) is 14.6. The van der Waals surface area contributed by atoms with Crippen LogP contribution < -0.4 is 5.32 Å². The van der Waals surface area contributed by atoms with E-state index in [4.69, 9.17) is 0 Å². The molecule has 1 aromatic carbocycles. The van der Waals surface area contributed by atoms with Crippen LogP contribution in [-0.2, 0) is 9.53 Å². The van der Waals surface area contributed by atoms with Crippen LogP contribution in [0, 0.1) is 5.41 Å². The summed E-state index contributed by atoms with van der Waals surface area (Å²) in [4.78, 5) is 28.4. The second-order valence-corrected chi connectivity index (χ2v) is 7.19. The summed E-state index contributed by atoms with van der Waals surface area (Å²) in [6, 6.07) is 7.07. The first-order valence-corrected chi connectivity index (χ1v) is 8.85. The third-order valence-electron chi connectivity index (χ3n) is 4.55. The van der Waals surface area contributed by atoms with Crippen molar-refractivity contribution >= 4 is 29.0 Å². The minimum Gasteiger partial charge on any atom is -0.465 e. The van der Waals surface area contributed by atoms with Gasteiger partial charge in [-0.25, -0.2) is 9.78 Å². The molecule has 6 heteroatoms. The average Bonchev–Trinajstić information content (AvgIpc) is 3.24. The van der Waals surface area contributed by atoms with Gasteiger partial charge in [-0.15, -0.1) is 11.3 Å². The zero-order valence-electron chi connectivity index (χ0n) is 13.8. The molecule has 0 radical (unpaired) electrons. The Morgan fingerprint density at radius 1 is 1.21 bits per heavy atom.